The Morgan fingerprint density at radius 2 is 2.09 bits per heavy atom. The van der Waals surface area contributed by atoms with Gasteiger partial charge in [-0.3, -0.25) is 10.2 Å². The van der Waals surface area contributed by atoms with Gasteiger partial charge in [0.25, 0.3) is 0 Å². The number of anilines is 1. The lowest BCUT2D eigenvalue weighted by atomic mass is 10.2. The molecule has 2 rings (SSSR count). The summed E-state index contributed by atoms with van der Waals surface area (Å²) in [6, 6.07) is 0. The molecule has 0 radical (unpaired) electrons. The molecule has 1 aliphatic rings. The molecule has 0 aromatic carbocycles. The summed E-state index contributed by atoms with van der Waals surface area (Å²) >= 11 is 2.86. The van der Waals surface area contributed by atoms with Crippen molar-refractivity contribution in [1.29, 1.82) is 0 Å². The second-order valence-electron chi connectivity index (χ2n) is 5.05. The quantitative estimate of drug-likeness (QED) is 0.498. The van der Waals surface area contributed by atoms with Gasteiger partial charge in [0.05, 0.1) is 18.9 Å². The molecule has 8 heteroatoms. The molecule has 6 nitrogen and oxygen atoms in total. The summed E-state index contributed by atoms with van der Waals surface area (Å²) in [5.74, 6) is 7.08. The van der Waals surface area contributed by atoms with Crippen molar-refractivity contribution in [3.8, 4) is 11.8 Å². The van der Waals surface area contributed by atoms with E-state index in [1.807, 2.05) is 0 Å². The fourth-order valence-electron chi connectivity index (χ4n) is 2.18. The predicted octanol–water partition coefficient (Wildman–Crippen LogP) is 3.08. The fraction of sp³-hybridized carbons (Fsp3) is 0.667. The van der Waals surface area contributed by atoms with E-state index in [0.29, 0.717) is 17.5 Å². The van der Waals surface area contributed by atoms with Gasteiger partial charge in [-0.05, 0) is 32.9 Å². The molecular weight excluding hydrogens is 332 g/mol. The van der Waals surface area contributed by atoms with Gasteiger partial charge in [-0.2, -0.15) is 0 Å². The summed E-state index contributed by atoms with van der Waals surface area (Å²) in [4.78, 5) is 13.7. The second-order valence-corrected chi connectivity index (χ2v) is 7.25. The van der Waals surface area contributed by atoms with Crippen molar-refractivity contribution in [2.75, 3.05) is 37.3 Å². The van der Waals surface area contributed by atoms with Crippen LogP contribution in [0.2, 0.25) is 0 Å². The number of rotatable bonds is 5. The van der Waals surface area contributed by atoms with E-state index in [4.69, 9.17) is 4.74 Å². The van der Waals surface area contributed by atoms with Crippen LogP contribution in [0.1, 0.15) is 32.6 Å². The van der Waals surface area contributed by atoms with Crippen molar-refractivity contribution in [2.45, 2.75) is 36.9 Å². The first kappa shape index (κ1) is 18.0. The smallest absolute Gasteiger partial charge is 0.413 e. The van der Waals surface area contributed by atoms with E-state index in [1.54, 1.807) is 6.92 Å². The van der Waals surface area contributed by atoms with Crippen molar-refractivity contribution in [2.24, 2.45) is 0 Å². The zero-order valence-corrected chi connectivity index (χ0v) is 15.0. The number of nitrogens with zero attached hydrogens (tertiary/aromatic N) is 3. The van der Waals surface area contributed by atoms with Gasteiger partial charge in [-0.1, -0.05) is 47.8 Å². The van der Waals surface area contributed by atoms with Crippen LogP contribution in [0, 0.1) is 11.8 Å². The molecule has 23 heavy (non-hydrogen) atoms. The molecule has 1 amide bonds. The van der Waals surface area contributed by atoms with Crippen LogP contribution in [0.4, 0.5) is 9.93 Å². The molecule has 1 aliphatic heterocycles. The number of hydrogen-bond acceptors (Lipinski definition) is 7. The van der Waals surface area contributed by atoms with Crippen LogP contribution >= 0.6 is 23.1 Å². The standard InChI is InChI=1S/C15H22N4O2S2/c1-2-21-14(20)16-13-17-18-15(23-13)22-12-8-7-11-19-9-5-3-4-6-10-19/h2-6,9-12H2,1H3,(H,16,17,20). The van der Waals surface area contributed by atoms with Gasteiger partial charge in [-0.15, -0.1) is 10.2 Å². The van der Waals surface area contributed by atoms with E-state index in [9.17, 15) is 4.79 Å². The first-order valence-electron chi connectivity index (χ1n) is 7.86. The minimum atomic E-state index is -0.502. The summed E-state index contributed by atoms with van der Waals surface area (Å²) in [5, 5.41) is 10.9. The normalized spacial score (nSPS) is 15.3. The molecule has 1 fully saturated rings. The molecule has 1 aromatic rings. The molecule has 0 unspecified atom stereocenters. The van der Waals surface area contributed by atoms with Crippen molar-refractivity contribution < 1.29 is 9.53 Å². The number of hydrogen-bond donors (Lipinski definition) is 1. The number of thioether (sulfide) groups is 1. The molecule has 1 saturated heterocycles. The minimum absolute atomic E-state index is 0.332. The van der Waals surface area contributed by atoms with Crippen LogP contribution in [0.5, 0.6) is 0 Å². The maximum absolute atomic E-state index is 11.3. The van der Waals surface area contributed by atoms with Crippen molar-refractivity contribution in [3.63, 3.8) is 0 Å². The Labute approximate surface area is 145 Å². The lowest BCUT2D eigenvalue weighted by molar-refractivity contribution is 0.168. The molecule has 0 atom stereocenters. The molecule has 1 N–H and O–H groups in total. The van der Waals surface area contributed by atoms with E-state index in [1.165, 1.54) is 61.9 Å². The third-order valence-corrected chi connectivity index (χ3v) is 5.14. The average molecular weight is 355 g/mol. The number of carbonyl (C=O) groups excluding carboxylic acids is 1. The maximum atomic E-state index is 11.3. The van der Waals surface area contributed by atoms with E-state index >= 15 is 0 Å². The van der Waals surface area contributed by atoms with Crippen molar-refractivity contribution in [1.82, 2.24) is 15.1 Å². The average Bonchev–Trinajstić information content (AvgIpc) is 2.81. The number of amides is 1. The number of nitrogens with one attached hydrogen (secondary N) is 1. The first-order chi connectivity index (χ1) is 11.3. The van der Waals surface area contributed by atoms with E-state index in [0.717, 1.165) is 10.9 Å². The molecule has 0 saturated carbocycles. The lowest BCUT2D eigenvalue weighted by Gasteiger charge is -2.15. The van der Waals surface area contributed by atoms with Gasteiger partial charge in [-0.25, -0.2) is 4.79 Å². The van der Waals surface area contributed by atoms with Crippen LogP contribution < -0.4 is 5.32 Å². The van der Waals surface area contributed by atoms with Crippen LogP contribution in [0.25, 0.3) is 0 Å². The minimum Gasteiger partial charge on any atom is -0.450 e. The van der Waals surface area contributed by atoms with Gasteiger partial charge >= 0.3 is 6.09 Å². The monoisotopic (exact) mass is 354 g/mol. The molecule has 0 bridgehead atoms. The van der Waals surface area contributed by atoms with E-state index < -0.39 is 6.09 Å². The summed E-state index contributed by atoms with van der Waals surface area (Å²) in [5.41, 5.74) is 0. The van der Waals surface area contributed by atoms with Crippen molar-refractivity contribution in [3.05, 3.63) is 0 Å². The molecule has 1 aromatic heterocycles. The topological polar surface area (TPSA) is 67.3 Å². The Morgan fingerprint density at radius 3 is 2.83 bits per heavy atom. The molecule has 2 heterocycles. The van der Waals surface area contributed by atoms with Gasteiger partial charge in [0, 0.05) is 0 Å². The summed E-state index contributed by atoms with van der Waals surface area (Å²) in [6.07, 6.45) is 4.77. The Morgan fingerprint density at radius 1 is 1.30 bits per heavy atom. The molecular formula is C15H22N4O2S2. The first-order valence-corrected chi connectivity index (χ1v) is 9.66. The summed E-state index contributed by atoms with van der Waals surface area (Å²) in [6.45, 7) is 5.28. The van der Waals surface area contributed by atoms with Gasteiger partial charge in [0.1, 0.15) is 0 Å². The second kappa shape index (κ2) is 10.5. The zero-order chi connectivity index (χ0) is 16.3. The Hall–Kier alpha value is -1.30. The Bertz CT molecular complexity index is 545. The number of ether oxygens (including phenoxy) is 1. The summed E-state index contributed by atoms with van der Waals surface area (Å²) in [7, 11) is 0. The van der Waals surface area contributed by atoms with E-state index in [2.05, 4.69) is 32.3 Å². The van der Waals surface area contributed by atoms with Crippen LogP contribution in [0.15, 0.2) is 4.34 Å². The Balaban J connectivity index is 1.67. The number of likely N-dealkylation sites (tertiary alicyclic amines) is 1. The molecule has 0 spiro atoms. The van der Waals surface area contributed by atoms with Crippen LogP contribution in [-0.4, -0.2) is 53.2 Å². The fourth-order valence-corrected chi connectivity index (χ4v) is 3.69. The predicted molar refractivity (Wildman–Crippen MR) is 94.0 cm³/mol. The van der Waals surface area contributed by atoms with E-state index in [-0.39, 0.29) is 0 Å². The third kappa shape index (κ3) is 7.20. The van der Waals surface area contributed by atoms with Gasteiger partial charge < -0.3 is 4.74 Å². The lowest BCUT2D eigenvalue weighted by Crippen LogP contribution is -2.24. The SMILES string of the molecule is CCOC(=O)Nc1nnc(SCC#CCN2CCCCCC2)s1. The van der Waals surface area contributed by atoms with Crippen LogP contribution in [-0.2, 0) is 4.74 Å². The van der Waals surface area contributed by atoms with Gasteiger partial charge in [0.2, 0.25) is 5.13 Å². The van der Waals surface area contributed by atoms with Crippen LogP contribution in [0.3, 0.4) is 0 Å². The highest BCUT2D eigenvalue weighted by molar-refractivity contribution is 8.01. The Kier molecular flexibility index (Phi) is 8.21. The largest absolute Gasteiger partial charge is 0.450 e. The molecule has 126 valence electrons. The van der Waals surface area contributed by atoms with Gasteiger partial charge in [0.15, 0.2) is 4.34 Å². The maximum Gasteiger partial charge on any atom is 0.413 e. The highest BCUT2D eigenvalue weighted by Crippen LogP contribution is 2.25. The highest BCUT2D eigenvalue weighted by Gasteiger charge is 2.08. The molecule has 0 aliphatic carbocycles. The third-order valence-electron chi connectivity index (χ3n) is 3.29. The summed E-state index contributed by atoms with van der Waals surface area (Å²) < 4.78 is 5.58. The number of carbonyl (C=O) groups is 1. The highest BCUT2D eigenvalue weighted by atomic mass is 32.2. The van der Waals surface area contributed by atoms with Crippen molar-refractivity contribution >= 4 is 34.3 Å². The zero-order valence-electron chi connectivity index (χ0n) is 13.3. The number of aromatic nitrogens is 2.